The summed E-state index contributed by atoms with van der Waals surface area (Å²) in [5.41, 5.74) is 0.803. The largest absolute Gasteiger partial charge is 0.493 e. The van der Waals surface area contributed by atoms with E-state index in [1.165, 1.54) is 0 Å². The van der Waals surface area contributed by atoms with Gasteiger partial charge in [0.25, 0.3) is 5.91 Å². The average Bonchev–Trinajstić information content (AvgIpc) is 2.91. The Bertz CT molecular complexity index is 880. The number of carbonyl (C=O) groups excluding carboxylic acids is 1. The van der Waals surface area contributed by atoms with Gasteiger partial charge in [0.2, 0.25) is 10.0 Å². The fourth-order valence-electron chi connectivity index (χ4n) is 2.25. The monoisotopic (exact) mass is 365 g/mol. The summed E-state index contributed by atoms with van der Waals surface area (Å²) in [7, 11) is -3.68. The number of rotatable bonds is 5. The van der Waals surface area contributed by atoms with E-state index in [-0.39, 0.29) is 11.1 Å². The first kappa shape index (κ1) is 19.0. The van der Waals surface area contributed by atoms with Gasteiger partial charge in [0.1, 0.15) is 11.4 Å². The molecule has 0 fully saturated rings. The molecule has 0 spiro atoms. The van der Waals surface area contributed by atoms with Crippen LogP contribution in [0.1, 0.15) is 38.1 Å². The molecule has 0 aliphatic heterocycles. The maximum absolute atomic E-state index is 12.5. The van der Waals surface area contributed by atoms with Gasteiger partial charge in [-0.1, -0.05) is 12.1 Å². The van der Waals surface area contributed by atoms with Gasteiger partial charge in [-0.3, -0.25) is 9.48 Å². The third-order valence-corrected chi connectivity index (χ3v) is 3.92. The van der Waals surface area contributed by atoms with Crippen molar-refractivity contribution in [1.82, 2.24) is 14.5 Å². The zero-order valence-electron chi connectivity index (χ0n) is 15.0. The van der Waals surface area contributed by atoms with Crippen molar-refractivity contribution in [3.63, 3.8) is 0 Å². The lowest BCUT2D eigenvalue weighted by molar-refractivity contribution is 0.0982. The van der Waals surface area contributed by atoms with E-state index in [4.69, 9.17) is 4.74 Å². The lowest BCUT2D eigenvalue weighted by atomic mass is 10.1. The molecule has 0 unspecified atom stereocenters. The Kier molecular flexibility index (Phi) is 5.22. The minimum atomic E-state index is -3.68. The summed E-state index contributed by atoms with van der Waals surface area (Å²) in [4.78, 5) is 12.5. The molecule has 0 saturated heterocycles. The van der Waals surface area contributed by atoms with Gasteiger partial charge in [0.05, 0.1) is 24.0 Å². The molecule has 2 aromatic rings. The van der Waals surface area contributed by atoms with Crippen molar-refractivity contribution in [2.45, 2.75) is 33.2 Å². The third-order valence-electron chi connectivity index (χ3n) is 3.37. The number of nitrogens with one attached hydrogen (secondary N) is 1. The van der Waals surface area contributed by atoms with E-state index in [1.807, 2.05) is 44.5 Å². The minimum absolute atomic E-state index is 0.174. The van der Waals surface area contributed by atoms with Crippen molar-refractivity contribution in [2.75, 3.05) is 12.9 Å². The van der Waals surface area contributed by atoms with Crippen LogP contribution in [-0.2, 0) is 15.6 Å². The lowest BCUT2D eigenvalue weighted by Crippen LogP contribution is -2.29. The predicted octanol–water partition coefficient (Wildman–Crippen LogP) is 2.39. The van der Waals surface area contributed by atoms with Gasteiger partial charge >= 0.3 is 0 Å². The second-order valence-electron chi connectivity index (χ2n) is 6.64. The molecular weight excluding hydrogens is 342 g/mol. The number of aromatic nitrogens is 2. The first-order chi connectivity index (χ1) is 11.5. The van der Waals surface area contributed by atoms with Crippen LogP contribution < -0.4 is 9.46 Å². The smallest absolute Gasteiger partial charge is 0.268 e. The molecule has 1 amide bonds. The van der Waals surface area contributed by atoms with Crippen LogP contribution in [0.5, 0.6) is 5.75 Å². The molecule has 7 nitrogen and oxygen atoms in total. The van der Waals surface area contributed by atoms with Crippen LogP contribution in [0.4, 0.5) is 0 Å². The van der Waals surface area contributed by atoms with E-state index in [0.29, 0.717) is 23.6 Å². The van der Waals surface area contributed by atoms with Crippen LogP contribution in [0.3, 0.4) is 0 Å². The summed E-state index contributed by atoms with van der Waals surface area (Å²) in [5, 5.41) is 4.53. The number of ether oxygens (including phenoxy) is 1. The van der Waals surface area contributed by atoms with Gasteiger partial charge < -0.3 is 4.74 Å². The normalized spacial score (nSPS) is 12.0. The quantitative estimate of drug-likeness (QED) is 0.879. The highest BCUT2D eigenvalue weighted by Crippen LogP contribution is 2.32. The maximum Gasteiger partial charge on any atom is 0.268 e. The number of hydrogen-bond donors (Lipinski definition) is 1. The van der Waals surface area contributed by atoms with Gasteiger partial charge in [0, 0.05) is 11.8 Å². The summed E-state index contributed by atoms with van der Waals surface area (Å²) in [6.07, 6.45) is 2.49. The second kappa shape index (κ2) is 6.87. The average molecular weight is 365 g/mol. The molecule has 1 heterocycles. The lowest BCUT2D eigenvalue weighted by Gasteiger charge is -2.18. The van der Waals surface area contributed by atoms with E-state index in [0.717, 1.165) is 6.26 Å². The third kappa shape index (κ3) is 4.60. The Morgan fingerprint density at radius 2 is 1.92 bits per heavy atom. The molecule has 0 aliphatic rings. The highest BCUT2D eigenvalue weighted by molar-refractivity contribution is 7.89. The van der Waals surface area contributed by atoms with Crippen molar-refractivity contribution >= 4 is 15.9 Å². The maximum atomic E-state index is 12.5. The summed E-state index contributed by atoms with van der Waals surface area (Å²) in [5.74, 6) is -0.142. The van der Waals surface area contributed by atoms with E-state index in [2.05, 4.69) is 5.10 Å². The van der Waals surface area contributed by atoms with Crippen LogP contribution in [0.15, 0.2) is 30.5 Å². The van der Waals surface area contributed by atoms with Crippen LogP contribution in [-0.4, -0.2) is 37.0 Å². The van der Waals surface area contributed by atoms with E-state index in [9.17, 15) is 13.2 Å². The van der Waals surface area contributed by atoms with Gasteiger partial charge in [-0.2, -0.15) is 5.10 Å². The predicted molar refractivity (Wildman–Crippen MR) is 96.1 cm³/mol. The van der Waals surface area contributed by atoms with Crippen molar-refractivity contribution < 1.29 is 17.9 Å². The zero-order valence-corrected chi connectivity index (χ0v) is 15.8. The van der Waals surface area contributed by atoms with Crippen LogP contribution in [0, 0.1) is 0 Å². The first-order valence-corrected chi connectivity index (χ1v) is 9.76. The molecule has 0 aliphatic carbocycles. The minimum Gasteiger partial charge on any atom is -0.493 e. The Morgan fingerprint density at radius 1 is 1.28 bits per heavy atom. The molecule has 1 aromatic carbocycles. The summed E-state index contributed by atoms with van der Waals surface area (Å²) in [6.45, 7) is 8.15. The first-order valence-electron chi connectivity index (χ1n) is 7.87. The summed E-state index contributed by atoms with van der Waals surface area (Å²) < 4.78 is 32.2. The van der Waals surface area contributed by atoms with Crippen molar-refractivity contribution in [3.05, 3.63) is 36.0 Å². The second-order valence-corrected chi connectivity index (χ2v) is 8.39. The molecule has 0 atom stereocenters. The fourth-order valence-corrected chi connectivity index (χ4v) is 2.70. The Hall–Kier alpha value is -2.35. The standard InChI is InChI=1S/C17H23N3O4S/c1-6-24-14-10-8-7-9-12(14)15-13(16(21)19-25(5,22)23)11-20(18-15)17(2,3)4/h7-11H,6H2,1-5H3,(H,19,21). The molecule has 136 valence electrons. The van der Waals surface area contributed by atoms with E-state index < -0.39 is 15.9 Å². The number of para-hydroxylation sites is 1. The molecule has 1 N–H and O–H groups in total. The highest BCUT2D eigenvalue weighted by atomic mass is 32.2. The van der Waals surface area contributed by atoms with Crippen molar-refractivity contribution in [1.29, 1.82) is 0 Å². The SMILES string of the molecule is CCOc1ccccc1-c1nn(C(C)(C)C)cc1C(=O)NS(C)(=O)=O. The fraction of sp³-hybridized carbons (Fsp3) is 0.412. The van der Waals surface area contributed by atoms with Crippen molar-refractivity contribution in [3.8, 4) is 17.0 Å². The molecule has 25 heavy (non-hydrogen) atoms. The van der Waals surface area contributed by atoms with Gasteiger partial charge in [0.15, 0.2) is 0 Å². The van der Waals surface area contributed by atoms with Crippen LogP contribution in [0.25, 0.3) is 11.3 Å². The molecular formula is C17H23N3O4S. The Morgan fingerprint density at radius 3 is 2.48 bits per heavy atom. The zero-order chi connectivity index (χ0) is 18.8. The molecule has 2 rings (SSSR count). The Balaban J connectivity index is 2.64. The number of sulfonamides is 1. The van der Waals surface area contributed by atoms with Gasteiger partial charge in [-0.05, 0) is 39.8 Å². The number of carbonyl (C=O) groups is 1. The molecule has 8 heteroatoms. The highest BCUT2D eigenvalue weighted by Gasteiger charge is 2.25. The van der Waals surface area contributed by atoms with E-state index >= 15 is 0 Å². The molecule has 0 saturated carbocycles. The van der Waals surface area contributed by atoms with Crippen molar-refractivity contribution in [2.24, 2.45) is 0 Å². The molecule has 1 aromatic heterocycles. The Labute approximate surface area is 148 Å². The topological polar surface area (TPSA) is 90.3 Å². The molecule has 0 radical (unpaired) electrons. The van der Waals surface area contributed by atoms with Gasteiger partial charge in [-0.15, -0.1) is 0 Å². The van der Waals surface area contributed by atoms with Crippen LogP contribution in [0.2, 0.25) is 0 Å². The van der Waals surface area contributed by atoms with E-state index in [1.54, 1.807) is 23.0 Å². The summed E-state index contributed by atoms with van der Waals surface area (Å²) in [6, 6.07) is 7.21. The molecule has 0 bridgehead atoms. The number of benzene rings is 1. The van der Waals surface area contributed by atoms with Crippen LogP contribution >= 0.6 is 0 Å². The number of nitrogens with zero attached hydrogens (tertiary/aromatic N) is 2. The summed E-state index contributed by atoms with van der Waals surface area (Å²) >= 11 is 0. The van der Waals surface area contributed by atoms with Gasteiger partial charge in [-0.25, -0.2) is 13.1 Å². The number of amides is 1. The number of hydrogen-bond acceptors (Lipinski definition) is 5.